The van der Waals surface area contributed by atoms with Crippen LogP contribution in [0.4, 0.5) is 0 Å². The lowest BCUT2D eigenvalue weighted by Gasteiger charge is -2.37. The number of amides is 1. The van der Waals surface area contributed by atoms with Crippen molar-refractivity contribution in [2.24, 2.45) is 11.7 Å². The number of nitrogens with two attached hydrogens (primary N) is 1. The molecule has 2 aliphatic rings. The van der Waals surface area contributed by atoms with E-state index in [1.807, 2.05) is 60.7 Å². The molecule has 2 aliphatic heterocycles. The Bertz CT molecular complexity index is 1280. The van der Waals surface area contributed by atoms with Crippen LogP contribution < -0.4 is 10.5 Å². The maximum absolute atomic E-state index is 13.3. The Kier molecular flexibility index (Phi) is 4.30. The zero-order valence-corrected chi connectivity index (χ0v) is 17.9. The summed E-state index contributed by atoms with van der Waals surface area (Å²) in [6.07, 6.45) is 0.837. The molecule has 3 aromatic rings. The molecule has 0 aromatic heterocycles. The summed E-state index contributed by atoms with van der Waals surface area (Å²) in [5.41, 5.74) is 7.39. The number of rotatable bonds is 7. The third kappa shape index (κ3) is 3.69. The topological polar surface area (TPSA) is 55.6 Å². The summed E-state index contributed by atoms with van der Waals surface area (Å²) in [5.74, 6) is -0.481. The average Bonchev–Trinajstić information content (AvgIpc) is 3.58. The monoisotopic (exact) mass is 431 g/mol. The molecular formula is C28H30N2O2. The van der Waals surface area contributed by atoms with Gasteiger partial charge in [-0.05, 0) is 53.6 Å². The van der Waals surface area contributed by atoms with Crippen molar-refractivity contribution >= 4 is 5.91 Å². The number of primary amides is 1. The summed E-state index contributed by atoms with van der Waals surface area (Å²) in [7, 11) is 0. The van der Waals surface area contributed by atoms with Crippen molar-refractivity contribution in [3.05, 3.63) is 101 Å². The molecule has 0 unspecified atom stereocenters. The minimum Gasteiger partial charge on any atom is -0.493 e. The van der Waals surface area contributed by atoms with Crippen LogP contribution >= 0.6 is 0 Å². The van der Waals surface area contributed by atoms with Crippen LogP contribution in [-0.2, 0) is 23.1 Å². The molecule has 1 saturated heterocycles. The highest BCUT2D eigenvalue weighted by atomic mass is 16.5. The molecule has 0 aliphatic carbocycles. The predicted octanol–water partition coefficient (Wildman–Crippen LogP) is 3.96. The van der Waals surface area contributed by atoms with Gasteiger partial charge in [0.2, 0.25) is 5.91 Å². The fourth-order valence-electron chi connectivity index (χ4n) is 5.09. The summed E-state index contributed by atoms with van der Waals surface area (Å²) in [4.78, 5) is 15.0. The van der Waals surface area contributed by atoms with Gasteiger partial charge in [0.05, 0.1) is 10.7 Å². The molecule has 0 radical (unpaired) electrons. The highest BCUT2D eigenvalue weighted by Crippen LogP contribution is 2.43. The number of carbonyl (C=O) groups excluding carboxylic acids is 1. The van der Waals surface area contributed by atoms with Crippen LogP contribution in [0.3, 0.4) is 0 Å². The molecule has 1 fully saturated rings. The number of hydrogen-bond donors (Lipinski definition) is 1. The molecule has 0 spiro atoms. The Morgan fingerprint density at radius 3 is 2.47 bits per heavy atom. The second kappa shape index (κ2) is 8.79. The molecule has 0 bridgehead atoms. The van der Waals surface area contributed by atoms with Gasteiger partial charge in [0.25, 0.3) is 0 Å². The van der Waals surface area contributed by atoms with Gasteiger partial charge in [-0.15, -0.1) is 0 Å². The Balaban J connectivity index is 1.50. The van der Waals surface area contributed by atoms with Crippen molar-refractivity contribution in [2.75, 3.05) is 26.2 Å². The first-order chi connectivity index (χ1) is 17.7. The fraction of sp³-hybridized carbons (Fsp3) is 0.321. The lowest BCUT2D eigenvalue weighted by atomic mass is 9.64. The Labute approximate surface area is 197 Å². The van der Waals surface area contributed by atoms with Crippen LogP contribution in [0.15, 0.2) is 78.8 Å². The maximum Gasteiger partial charge on any atom is 0.232 e. The standard InChI is InChI=1S/C28H30N2O2/c29-27(31)28(23-7-3-1-4-8-23,24-9-5-2-6-10-24)25-14-17-30(20-25)16-13-21-11-12-26-22(19-21)15-18-32-26/h1-12,19,25H,13-18,20H2,(H2,29,31)/t25-/m1/s1/i11D,12D,16D2,19D. The second-order valence-corrected chi connectivity index (χ2v) is 8.43. The van der Waals surface area contributed by atoms with Gasteiger partial charge in [-0.1, -0.05) is 72.7 Å². The van der Waals surface area contributed by atoms with Crippen molar-refractivity contribution in [1.29, 1.82) is 0 Å². The van der Waals surface area contributed by atoms with E-state index in [2.05, 4.69) is 0 Å². The van der Waals surface area contributed by atoms with Gasteiger partial charge in [0.15, 0.2) is 0 Å². The van der Waals surface area contributed by atoms with E-state index in [9.17, 15) is 4.79 Å². The van der Waals surface area contributed by atoms with Gasteiger partial charge in [0.1, 0.15) is 11.2 Å². The molecule has 1 amide bonds. The first kappa shape index (κ1) is 15.7. The summed E-state index contributed by atoms with van der Waals surface area (Å²) in [6, 6.07) is 18.7. The van der Waals surface area contributed by atoms with E-state index in [0.29, 0.717) is 31.6 Å². The smallest absolute Gasteiger partial charge is 0.232 e. The van der Waals surface area contributed by atoms with Crippen LogP contribution in [0.25, 0.3) is 0 Å². The van der Waals surface area contributed by atoms with Gasteiger partial charge in [0, 0.05) is 22.2 Å². The molecule has 164 valence electrons. The highest BCUT2D eigenvalue weighted by molar-refractivity contribution is 5.91. The SMILES string of the molecule is [2H]c1c([2H])c2c(c([2H])c1CC([2H])([2H])N1CC[C@@H](C(C(N)=O)(c3ccccc3)c3ccccc3)C1)CCO2. The van der Waals surface area contributed by atoms with Crippen LogP contribution in [0.5, 0.6) is 5.75 Å². The molecule has 1 atom stereocenters. The van der Waals surface area contributed by atoms with E-state index in [1.54, 1.807) is 4.90 Å². The molecule has 5 rings (SSSR count). The Morgan fingerprint density at radius 2 is 1.81 bits per heavy atom. The summed E-state index contributed by atoms with van der Waals surface area (Å²) in [5, 5.41) is 0. The Morgan fingerprint density at radius 1 is 1.12 bits per heavy atom. The van der Waals surface area contributed by atoms with Crippen LogP contribution in [-0.4, -0.2) is 37.0 Å². The van der Waals surface area contributed by atoms with Gasteiger partial charge >= 0.3 is 0 Å². The van der Waals surface area contributed by atoms with E-state index in [0.717, 1.165) is 11.1 Å². The molecule has 4 heteroatoms. The molecule has 2 N–H and O–H groups in total. The highest BCUT2D eigenvalue weighted by Gasteiger charge is 2.49. The third-order valence-electron chi connectivity index (χ3n) is 6.63. The molecule has 4 nitrogen and oxygen atoms in total. The third-order valence-corrected chi connectivity index (χ3v) is 6.63. The number of benzene rings is 3. The van der Waals surface area contributed by atoms with Crippen LogP contribution in [0.1, 0.15) is 35.5 Å². The number of nitrogens with zero attached hydrogens (tertiary/aromatic N) is 1. The van der Waals surface area contributed by atoms with Gasteiger partial charge in [-0.3, -0.25) is 4.79 Å². The summed E-state index contributed by atoms with van der Waals surface area (Å²) < 4.78 is 48.7. The lowest BCUT2D eigenvalue weighted by molar-refractivity contribution is -0.123. The quantitative estimate of drug-likeness (QED) is 0.616. The molecule has 32 heavy (non-hydrogen) atoms. The fourth-order valence-corrected chi connectivity index (χ4v) is 5.09. The van der Waals surface area contributed by atoms with E-state index in [4.69, 9.17) is 17.3 Å². The summed E-state index contributed by atoms with van der Waals surface area (Å²) >= 11 is 0. The van der Waals surface area contributed by atoms with Crippen molar-refractivity contribution in [1.82, 2.24) is 4.90 Å². The molecule has 2 heterocycles. The second-order valence-electron chi connectivity index (χ2n) is 8.43. The van der Waals surface area contributed by atoms with Crippen molar-refractivity contribution in [3.8, 4) is 5.75 Å². The Hall–Kier alpha value is -3.11. The number of likely N-dealkylation sites (tertiary alicyclic amines) is 1. The predicted molar refractivity (Wildman–Crippen MR) is 127 cm³/mol. The first-order valence-electron chi connectivity index (χ1n) is 13.6. The van der Waals surface area contributed by atoms with Gasteiger partial charge < -0.3 is 15.4 Å². The van der Waals surface area contributed by atoms with Crippen molar-refractivity contribution < 1.29 is 16.4 Å². The van der Waals surface area contributed by atoms with E-state index in [1.165, 1.54) is 0 Å². The molecular weight excluding hydrogens is 396 g/mol. The average molecular weight is 432 g/mol. The first-order valence-corrected chi connectivity index (χ1v) is 11.1. The maximum atomic E-state index is 13.3. The van der Waals surface area contributed by atoms with E-state index < -0.39 is 17.8 Å². The van der Waals surface area contributed by atoms with Gasteiger partial charge in [-0.25, -0.2) is 0 Å². The zero-order valence-electron chi connectivity index (χ0n) is 22.9. The summed E-state index contributed by atoms with van der Waals surface area (Å²) in [6.45, 7) is -0.848. The number of carbonyl (C=O) groups is 1. The normalized spacial score (nSPS) is 21.0. The molecule has 3 aromatic carbocycles. The van der Waals surface area contributed by atoms with E-state index in [-0.39, 0.29) is 48.3 Å². The number of ether oxygens (including phenoxy) is 1. The minimum atomic E-state index is -1.89. The minimum absolute atomic E-state index is 0.0884. The van der Waals surface area contributed by atoms with Gasteiger partial charge in [-0.2, -0.15) is 0 Å². The lowest BCUT2D eigenvalue weighted by Crippen LogP contribution is -2.49. The number of fused-ring (bicyclic) bond motifs is 1. The zero-order chi connectivity index (χ0) is 26.4. The van der Waals surface area contributed by atoms with Crippen LogP contribution in [0, 0.1) is 5.92 Å². The van der Waals surface area contributed by atoms with Crippen LogP contribution in [0.2, 0.25) is 0 Å². The largest absolute Gasteiger partial charge is 0.493 e. The number of hydrogen-bond acceptors (Lipinski definition) is 3. The van der Waals surface area contributed by atoms with Crippen molar-refractivity contribution in [3.63, 3.8) is 0 Å². The van der Waals surface area contributed by atoms with E-state index >= 15 is 0 Å². The molecule has 0 saturated carbocycles. The van der Waals surface area contributed by atoms with Crippen molar-refractivity contribution in [2.45, 2.75) is 24.7 Å².